The minimum atomic E-state index is 0.621. The summed E-state index contributed by atoms with van der Waals surface area (Å²) in [6.07, 6.45) is 2.68. The van der Waals surface area contributed by atoms with Crippen LogP contribution in [0.3, 0.4) is 0 Å². The minimum Gasteiger partial charge on any atom is -0.478 e. The summed E-state index contributed by atoms with van der Waals surface area (Å²) in [7, 11) is 0. The van der Waals surface area contributed by atoms with Gasteiger partial charge in [-0.05, 0) is 6.92 Å². The average molecular weight is 187 g/mol. The number of hydrogen-bond acceptors (Lipinski definition) is 2. The van der Waals surface area contributed by atoms with Crippen LogP contribution in [0.4, 0.5) is 0 Å². The van der Waals surface area contributed by atoms with Crippen molar-refractivity contribution in [2.24, 2.45) is 0 Å². The summed E-state index contributed by atoms with van der Waals surface area (Å²) in [6.45, 7) is 2.56. The van der Waals surface area contributed by atoms with Crippen molar-refractivity contribution in [3.8, 4) is 17.1 Å². The Balaban J connectivity index is 2.37. The van der Waals surface area contributed by atoms with Crippen molar-refractivity contribution in [2.45, 2.75) is 6.92 Å². The molecule has 0 saturated carbocycles. The number of rotatable bonds is 3. The Kier molecular flexibility index (Phi) is 2.49. The van der Waals surface area contributed by atoms with Crippen molar-refractivity contribution in [1.82, 2.24) is 9.97 Å². The van der Waals surface area contributed by atoms with E-state index < -0.39 is 0 Å². The molecule has 14 heavy (non-hydrogen) atoms. The van der Waals surface area contributed by atoms with Crippen LogP contribution >= 0.6 is 0 Å². The molecule has 1 heterocycles. The number of imidazole rings is 1. The SMILES string of the molecule is CCOc1[nH][c]nc1-c1ccccc1. The van der Waals surface area contributed by atoms with E-state index in [-0.39, 0.29) is 0 Å². The van der Waals surface area contributed by atoms with Gasteiger partial charge in [0.2, 0.25) is 5.88 Å². The zero-order valence-corrected chi connectivity index (χ0v) is 7.95. The average Bonchev–Trinajstić information content (AvgIpc) is 2.68. The Morgan fingerprint density at radius 1 is 1.36 bits per heavy atom. The Morgan fingerprint density at radius 3 is 2.86 bits per heavy atom. The summed E-state index contributed by atoms with van der Waals surface area (Å²) < 4.78 is 5.38. The first-order valence-corrected chi connectivity index (χ1v) is 4.56. The number of nitrogens with one attached hydrogen (secondary N) is 1. The normalized spacial score (nSPS) is 10.1. The van der Waals surface area contributed by atoms with Crippen molar-refractivity contribution in [3.63, 3.8) is 0 Å². The molecule has 0 aliphatic rings. The summed E-state index contributed by atoms with van der Waals surface area (Å²) in [5, 5.41) is 0. The predicted octanol–water partition coefficient (Wildman–Crippen LogP) is 2.28. The number of aromatic amines is 1. The number of H-pyrrole nitrogens is 1. The van der Waals surface area contributed by atoms with Gasteiger partial charge in [0.15, 0.2) is 6.33 Å². The highest BCUT2D eigenvalue weighted by Crippen LogP contribution is 2.25. The van der Waals surface area contributed by atoms with Crippen LogP contribution in [-0.4, -0.2) is 16.6 Å². The lowest BCUT2D eigenvalue weighted by molar-refractivity contribution is 0.330. The quantitative estimate of drug-likeness (QED) is 0.800. The number of nitrogens with zero attached hydrogens (tertiary/aromatic N) is 1. The number of aromatic nitrogens is 2. The topological polar surface area (TPSA) is 37.9 Å². The summed E-state index contributed by atoms with van der Waals surface area (Å²) in [5.74, 6) is 0.679. The van der Waals surface area contributed by atoms with Crippen LogP contribution in [0.5, 0.6) is 5.88 Å². The van der Waals surface area contributed by atoms with Crippen molar-refractivity contribution in [2.75, 3.05) is 6.61 Å². The van der Waals surface area contributed by atoms with Gasteiger partial charge in [-0.2, -0.15) is 0 Å². The molecular formula is C11H11N2O. The molecule has 3 heteroatoms. The highest BCUT2D eigenvalue weighted by atomic mass is 16.5. The van der Waals surface area contributed by atoms with Gasteiger partial charge in [-0.1, -0.05) is 30.3 Å². The third-order valence-corrected chi connectivity index (χ3v) is 1.89. The van der Waals surface area contributed by atoms with Gasteiger partial charge in [-0.15, -0.1) is 0 Å². The molecule has 1 N–H and O–H groups in total. The Hall–Kier alpha value is -1.77. The summed E-state index contributed by atoms with van der Waals surface area (Å²) in [6, 6.07) is 9.90. The molecule has 1 aromatic carbocycles. The van der Waals surface area contributed by atoms with Gasteiger partial charge in [-0.3, -0.25) is 0 Å². The third-order valence-electron chi connectivity index (χ3n) is 1.89. The molecule has 71 valence electrons. The molecule has 0 saturated heterocycles. The highest BCUT2D eigenvalue weighted by molar-refractivity contribution is 5.63. The molecule has 0 fully saturated rings. The lowest BCUT2D eigenvalue weighted by Crippen LogP contribution is -1.93. The van der Waals surface area contributed by atoms with Gasteiger partial charge in [0.05, 0.1) is 6.61 Å². The summed E-state index contributed by atoms with van der Waals surface area (Å²) >= 11 is 0. The molecule has 0 amide bonds. The lowest BCUT2D eigenvalue weighted by Gasteiger charge is -2.02. The van der Waals surface area contributed by atoms with E-state index >= 15 is 0 Å². The van der Waals surface area contributed by atoms with Gasteiger partial charge >= 0.3 is 0 Å². The Labute approximate surface area is 82.8 Å². The van der Waals surface area contributed by atoms with Crippen LogP contribution in [0, 0.1) is 6.33 Å². The fourth-order valence-electron chi connectivity index (χ4n) is 1.29. The zero-order chi connectivity index (χ0) is 9.80. The van der Waals surface area contributed by atoms with Crippen LogP contribution in [0.2, 0.25) is 0 Å². The molecular weight excluding hydrogens is 176 g/mol. The predicted molar refractivity (Wildman–Crippen MR) is 54.0 cm³/mol. The number of hydrogen-bond donors (Lipinski definition) is 1. The first-order chi connectivity index (χ1) is 6.92. The first kappa shape index (κ1) is 8.81. The summed E-state index contributed by atoms with van der Waals surface area (Å²) in [4.78, 5) is 6.95. The molecule has 0 unspecified atom stereocenters. The van der Waals surface area contributed by atoms with Crippen molar-refractivity contribution in [3.05, 3.63) is 36.7 Å². The molecule has 0 atom stereocenters. The second-order valence-electron chi connectivity index (χ2n) is 2.83. The molecule has 2 aromatic rings. The fourth-order valence-corrected chi connectivity index (χ4v) is 1.29. The van der Waals surface area contributed by atoms with Crippen molar-refractivity contribution < 1.29 is 4.74 Å². The molecule has 2 rings (SSSR count). The van der Waals surface area contributed by atoms with Gasteiger partial charge in [0, 0.05) is 5.56 Å². The smallest absolute Gasteiger partial charge is 0.219 e. The van der Waals surface area contributed by atoms with E-state index in [4.69, 9.17) is 4.74 Å². The molecule has 1 aromatic heterocycles. The van der Waals surface area contributed by atoms with E-state index in [2.05, 4.69) is 16.3 Å². The maximum absolute atomic E-state index is 5.38. The maximum atomic E-state index is 5.38. The largest absolute Gasteiger partial charge is 0.478 e. The van der Waals surface area contributed by atoms with Crippen LogP contribution in [-0.2, 0) is 0 Å². The third kappa shape index (κ3) is 1.62. The van der Waals surface area contributed by atoms with E-state index in [0.717, 1.165) is 11.3 Å². The van der Waals surface area contributed by atoms with E-state index in [1.54, 1.807) is 0 Å². The molecule has 0 bridgehead atoms. The number of ether oxygens (including phenoxy) is 1. The molecule has 0 spiro atoms. The molecule has 0 aliphatic heterocycles. The highest BCUT2D eigenvalue weighted by Gasteiger charge is 2.08. The van der Waals surface area contributed by atoms with E-state index in [9.17, 15) is 0 Å². The van der Waals surface area contributed by atoms with Gasteiger partial charge in [0.25, 0.3) is 0 Å². The van der Waals surface area contributed by atoms with E-state index in [1.165, 1.54) is 0 Å². The fraction of sp³-hybridized carbons (Fsp3) is 0.182. The standard InChI is InChI=1S/C11H11N2O/c1-2-14-11-10(12-8-13-11)9-6-4-3-5-7-9/h3-7H,2H2,1H3,(H,12,13). The summed E-state index contributed by atoms with van der Waals surface area (Å²) in [5.41, 5.74) is 1.85. The van der Waals surface area contributed by atoms with Gasteiger partial charge in [0.1, 0.15) is 5.69 Å². The first-order valence-electron chi connectivity index (χ1n) is 4.56. The number of benzene rings is 1. The second-order valence-corrected chi connectivity index (χ2v) is 2.83. The molecule has 0 aliphatic carbocycles. The van der Waals surface area contributed by atoms with Crippen molar-refractivity contribution in [1.29, 1.82) is 0 Å². The van der Waals surface area contributed by atoms with E-state index in [0.29, 0.717) is 12.5 Å². The molecule has 3 nitrogen and oxygen atoms in total. The maximum Gasteiger partial charge on any atom is 0.219 e. The lowest BCUT2D eigenvalue weighted by atomic mass is 10.2. The van der Waals surface area contributed by atoms with Crippen LogP contribution in [0.1, 0.15) is 6.92 Å². The van der Waals surface area contributed by atoms with Crippen LogP contribution in [0.15, 0.2) is 30.3 Å². The monoisotopic (exact) mass is 187 g/mol. The van der Waals surface area contributed by atoms with E-state index in [1.807, 2.05) is 37.3 Å². The minimum absolute atomic E-state index is 0.621. The zero-order valence-electron chi connectivity index (χ0n) is 7.95. The van der Waals surface area contributed by atoms with Crippen LogP contribution in [0.25, 0.3) is 11.3 Å². The van der Waals surface area contributed by atoms with Gasteiger partial charge in [-0.25, -0.2) is 4.98 Å². The molecule has 1 radical (unpaired) electrons. The van der Waals surface area contributed by atoms with Crippen molar-refractivity contribution >= 4 is 0 Å². The van der Waals surface area contributed by atoms with Gasteiger partial charge < -0.3 is 9.72 Å². The Bertz CT molecular complexity index is 395. The Morgan fingerprint density at radius 2 is 2.14 bits per heavy atom. The second kappa shape index (κ2) is 3.96. The van der Waals surface area contributed by atoms with Crippen LogP contribution < -0.4 is 4.74 Å².